The van der Waals surface area contributed by atoms with Crippen molar-refractivity contribution in [3.8, 4) is 0 Å². The SMILES string of the molecule is CCCCNC(=O)c1c(N)n(/N=C/c2ccco2)c2nc3ccccc3nc12. The zero-order chi connectivity index (χ0) is 19.5. The molecule has 28 heavy (non-hydrogen) atoms. The molecule has 3 aromatic heterocycles. The van der Waals surface area contributed by atoms with Crippen molar-refractivity contribution < 1.29 is 9.21 Å². The van der Waals surface area contributed by atoms with Crippen molar-refractivity contribution in [3.63, 3.8) is 0 Å². The van der Waals surface area contributed by atoms with Gasteiger partial charge in [-0.25, -0.2) is 9.97 Å². The van der Waals surface area contributed by atoms with Gasteiger partial charge in [0.25, 0.3) is 5.91 Å². The number of nitrogens with one attached hydrogen (secondary N) is 1. The molecule has 3 heterocycles. The molecule has 0 atom stereocenters. The van der Waals surface area contributed by atoms with E-state index in [1.54, 1.807) is 18.4 Å². The highest BCUT2D eigenvalue weighted by atomic mass is 16.3. The van der Waals surface area contributed by atoms with Gasteiger partial charge in [0.05, 0.1) is 23.5 Å². The number of nitrogens with zero attached hydrogens (tertiary/aromatic N) is 4. The first-order valence-electron chi connectivity index (χ1n) is 9.11. The molecule has 4 aromatic rings. The van der Waals surface area contributed by atoms with Crippen LogP contribution in [0.1, 0.15) is 35.9 Å². The topological polar surface area (TPSA) is 111 Å². The van der Waals surface area contributed by atoms with Gasteiger partial charge >= 0.3 is 0 Å². The van der Waals surface area contributed by atoms with E-state index in [1.807, 2.05) is 24.3 Å². The van der Waals surface area contributed by atoms with Crippen molar-refractivity contribution in [2.24, 2.45) is 5.10 Å². The average Bonchev–Trinajstić information content (AvgIpc) is 3.30. The van der Waals surface area contributed by atoms with Crippen molar-refractivity contribution in [2.45, 2.75) is 19.8 Å². The molecular formula is C20H20N6O2. The number of para-hydroxylation sites is 2. The third-order valence-corrected chi connectivity index (χ3v) is 4.36. The maximum Gasteiger partial charge on any atom is 0.257 e. The monoisotopic (exact) mass is 376 g/mol. The number of unbranched alkanes of at least 4 members (excludes halogenated alkanes) is 1. The van der Waals surface area contributed by atoms with Gasteiger partial charge in [-0.1, -0.05) is 25.5 Å². The number of aromatic nitrogens is 3. The van der Waals surface area contributed by atoms with Gasteiger partial charge in [-0.15, -0.1) is 0 Å². The van der Waals surface area contributed by atoms with Crippen LogP contribution in [0.5, 0.6) is 0 Å². The summed E-state index contributed by atoms with van der Waals surface area (Å²) in [7, 11) is 0. The molecule has 1 amide bonds. The van der Waals surface area contributed by atoms with Crippen LogP contribution in [-0.2, 0) is 0 Å². The van der Waals surface area contributed by atoms with Gasteiger partial charge in [-0.2, -0.15) is 9.78 Å². The lowest BCUT2D eigenvalue weighted by molar-refractivity contribution is 0.0955. The minimum atomic E-state index is -0.285. The third-order valence-electron chi connectivity index (χ3n) is 4.36. The Bertz CT molecular complexity index is 1160. The summed E-state index contributed by atoms with van der Waals surface area (Å²) in [5.74, 6) is 0.457. The first-order chi connectivity index (χ1) is 13.7. The van der Waals surface area contributed by atoms with Gasteiger partial charge in [-0.3, -0.25) is 4.79 Å². The summed E-state index contributed by atoms with van der Waals surface area (Å²) in [5, 5.41) is 7.27. The van der Waals surface area contributed by atoms with Gasteiger partial charge in [0.2, 0.25) is 0 Å². The average molecular weight is 376 g/mol. The molecule has 0 aliphatic rings. The Morgan fingerprint density at radius 2 is 2.04 bits per heavy atom. The van der Waals surface area contributed by atoms with Crippen LogP contribution in [0.3, 0.4) is 0 Å². The number of nitrogens with two attached hydrogens (primary N) is 1. The van der Waals surface area contributed by atoms with Crippen molar-refractivity contribution in [1.29, 1.82) is 0 Å². The van der Waals surface area contributed by atoms with Crippen LogP contribution >= 0.6 is 0 Å². The van der Waals surface area contributed by atoms with E-state index in [4.69, 9.17) is 10.2 Å². The lowest BCUT2D eigenvalue weighted by Crippen LogP contribution is -2.25. The molecule has 0 radical (unpaired) electrons. The fraction of sp³-hybridized carbons (Fsp3) is 0.200. The Morgan fingerprint density at radius 3 is 2.75 bits per heavy atom. The predicted molar refractivity (Wildman–Crippen MR) is 108 cm³/mol. The summed E-state index contributed by atoms with van der Waals surface area (Å²) in [6.07, 6.45) is 4.94. The highest BCUT2D eigenvalue weighted by molar-refractivity contribution is 6.10. The quantitative estimate of drug-likeness (QED) is 0.396. The molecule has 0 aliphatic carbocycles. The van der Waals surface area contributed by atoms with E-state index < -0.39 is 0 Å². The fourth-order valence-electron chi connectivity index (χ4n) is 2.93. The summed E-state index contributed by atoms with van der Waals surface area (Å²) in [6.45, 7) is 2.63. The number of furan rings is 1. The molecule has 142 valence electrons. The Labute approximate surface area is 161 Å². The van der Waals surface area contributed by atoms with E-state index in [9.17, 15) is 4.79 Å². The number of hydrogen-bond acceptors (Lipinski definition) is 6. The van der Waals surface area contributed by atoms with E-state index in [-0.39, 0.29) is 17.3 Å². The Morgan fingerprint density at radius 1 is 1.25 bits per heavy atom. The van der Waals surface area contributed by atoms with E-state index in [1.165, 1.54) is 10.9 Å². The van der Waals surface area contributed by atoms with Gasteiger partial charge in [0, 0.05) is 6.54 Å². The zero-order valence-electron chi connectivity index (χ0n) is 15.4. The molecule has 0 saturated heterocycles. The number of carbonyl (C=O) groups excluding carboxylic acids is 1. The van der Waals surface area contributed by atoms with E-state index in [0.717, 1.165) is 12.8 Å². The molecule has 4 rings (SSSR count). The number of rotatable bonds is 6. The van der Waals surface area contributed by atoms with E-state index >= 15 is 0 Å². The second-order valence-electron chi connectivity index (χ2n) is 6.33. The summed E-state index contributed by atoms with van der Waals surface area (Å²) >= 11 is 0. The number of fused-ring (bicyclic) bond motifs is 2. The van der Waals surface area contributed by atoms with Crippen LogP contribution < -0.4 is 11.1 Å². The Balaban J connectivity index is 1.88. The summed E-state index contributed by atoms with van der Waals surface area (Å²) in [5.41, 5.74) is 8.79. The number of anilines is 1. The normalized spacial score (nSPS) is 11.6. The maximum atomic E-state index is 12.8. The highest BCUT2D eigenvalue weighted by Crippen LogP contribution is 2.27. The molecule has 3 N–H and O–H groups in total. The van der Waals surface area contributed by atoms with Crippen molar-refractivity contribution >= 4 is 40.1 Å². The van der Waals surface area contributed by atoms with Crippen LogP contribution in [0.2, 0.25) is 0 Å². The van der Waals surface area contributed by atoms with Crippen LogP contribution in [0, 0.1) is 0 Å². The lowest BCUT2D eigenvalue weighted by Gasteiger charge is -2.04. The van der Waals surface area contributed by atoms with Crippen molar-refractivity contribution in [2.75, 3.05) is 12.3 Å². The number of amides is 1. The van der Waals surface area contributed by atoms with Crippen LogP contribution in [-0.4, -0.2) is 33.3 Å². The van der Waals surface area contributed by atoms with Gasteiger partial charge < -0.3 is 15.5 Å². The largest absolute Gasteiger partial charge is 0.463 e. The third kappa shape index (κ3) is 3.20. The Kier molecular flexibility index (Phi) is 4.76. The molecule has 0 bridgehead atoms. The smallest absolute Gasteiger partial charge is 0.257 e. The van der Waals surface area contributed by atoms with Gasteiger partial charge in [0.1, 0.15) is 22.7 Å². The molecular weight excluding hydrogens is 356 g/mol. The lowest BCUT2D eigenvalue weighted by atomic mass is 10.2. The van der Waals surface area contributed by atoms with E-state index in [2.05, 4.69) is 27.3 Å². The van der Waals surface area contributed by atoms with Crippen molar-refractivity contribution in [3.05, 3.63) is 54.0 Å². The minimum absolute atomic E-state index is 0.183. The van der Waals surface area contributed by atoms with Gasteiger partial charge in [0.15, 0.2) is 5.65 Å². The molecule has 8 heteroatoms. The van der Waals surface area contributed by atoms with Crippen molar-refractivity contribution in [1.82, 2.24) is 20.0 Å². The van der Waals surface area contributed by atoms with Crippen LogP contribution in [0.4, 0.5) is 5.82 Å². The number of carbonyl (C=O) groups is 1. The predicted octanol–water partition coefficient (Wildman–Crippen LogP) is 3.17. The molecule has 0 unspecified atom stereocenters. The number of nitrogen functional groups attached to an aromatic ring is 1. The molecule has 8 nitrogen and oxygen atoms in total. The highest BCUT2D eigenvalue weighted by Gasteiger charge is 2.23. The maximum absolute atomic E-state index is 12.8. The molecule has 0 spiro atoms. The minimum Gasteiger partial charge on any atom is -0.463 e. The first-order valence-corrected chi connectivity index (χ1v) is 9.11. The van der Waals surface area contributed by atoms with Gasteiger partial charge in [-0.05, 0) is 30.7 Å². The number of benzene rings is 1. The fourth-order valence-corrected chi connectivity index (χ4v) is 2.93. The molecule has 0 aliphatic heterocycles. The summed E-state index contributed by atoms with van der Waals surface area (Å²) in [6, 6.07) is 11.0. The van der Waals surface area contributed by atoms with E-state index in [0.29, 0.717) is 34.5 Å². The second-order valence-corrected chi connectivity index (χ2v) is 6.33. The molecule has 0 saturated carbocycles. The second kappa shape index (κ2) is 7.51. The standard InChI is InChI=1S/C20H20N6O2/c1-2-3-10-22-20(27)16-17-19(25-15-9-5-4-8-14(15)24-17)26(18(16)21)23-12-13-7-6-11-28-13/h4-9,11-12H,2-3,10,21H2,1H3,(H,22,27)/b23-12+. The van der Waals surface area contributed by atoms with Crippen LogP contribution in [0.25, 0.3) is 22.2 Å². The summed E-state index contributed by atoms with van der Waals surface area (Å²) < 4.78 is 6.70. The summed E-state index contributed by atoms with van der Waals surface area (Å²) in [4.78, 5) is 22.1. The Hall–Kier alpha value is -3.68. The first kappa shape index (κ1) is 17.7. The number of hydrogen-bond donors (Lipinski definition) is 2. The van der Waals surface area contributed by atoms with Crippen LogP contribution in [0.15, 0.2) is 52.2 Å². The molecule has 0 fully saturated rings. The zero-order valence-corrected chi connectivity index (χ0v) is 15.4. The molecule has 1 aromatic carbocycles.